The first kappa shape index (κ1) is 37.6. The average Bonchev–Trinajstić information content (AvgIpc) is 3.55. The van der Waals surface area contributed by atoms with Crippen molar-refractivity contribution in [2.45, 2.75) is 143 Å². The van der Waals surface area contributed by atoms with Crippen LogP contribution in [0.15, 0.2) is 91.0 Å². The minimum atomic E-state index is -0.0579. The van der Waals surface area contributed by atoms with Gasteiger partial charge < -0.3 is 14.4 Å². The van der Waals surface area contributed by atoms with Crippen molar-refractivity contribution in [2.75, 3.05) is 9.80 Å². The number of hydrogen-bond donors (Lipinski definition) is 0. The number of aromatic nitrogens is 1. The fraction of sp³-hybridized carbons (Fsp3) is 0.407. The van der Waals surface area contributed by atoms with E-state index in [0.29, 0.717) is 0 Å². The van der Waals surface area contributed by atoms with Gasteiger partial charge in [0.05, 0.1) is 11.2 Å². The van der Waals surface area contributed by atoms with Crippen LogP contribution in [-0.4, -0.2) is 16.8 Å². The van der Waals surface area contributed by atoms with Gasteiger partial charge in [0.1, 0.15) is 0 Å². The molecule has 0 bridgehead atoms. The summed E-state index contributed by atoms with van der Waals surface area (Å²) in [4.78, 5) is 5.42. The standard InChI is InChI=1S/C54H62BN3/c1-33-34(2)56-45-31-40(57(38-23-19-35(20-24-38)50(3,4)5)39-25-21-36(22-26-39)51(6,7)8)32-46-47(45)55(43-18-16-17-41(33)48(43)56)44-30-37(52(9,10)11)29-42-49(44)58(46)54(13)28-15-14-27-53(42,54)12/h16-26,29-32H,14-15,27-28H2,1-13H3. The van der Waals surface area contributed by atoms with Crippen LogP contribution in [0.1, 0.15) is 135 Å². The molecule has 58 heavy (non-hydrogen) atoms. The molecule has 0 saturated heterocycles. The van der Waals surface area contributed by atoms with Crippen molar-refractivity contribution in [3.63, 3.8) is 0 Å². The van der Waals surface area contributed by atoms with Crippen molar-refractivity contribution in [1.82, 2.24) is 4.57 Å². The summed E-state index contributed by atoms with van der Waals surface area (Å²) in [5.74, 6) is 0. The summed E-state index contributed by atoms with van der Waals surface area (Å²) in [5.41, 5.74) is 22.2. The molecule has 0 amide bonds. The first-order chi connectivity index (χ1) is 27.2. The second kappa shape index (κ2) is 12.0. The van der Waals surface area contributed by atoms with Gasteiger partial charge in [-0.25, -0.2) is 0 Å². The molecule has 296 valence electrons. The quantitative estimate of drug-likeness (QED) is 0.166. The van der Waals surface area contributed by atoms with E-state index in [0.717, 1.165) is 0 Å². The van der Waals surface area contributed by atoms with Gasteiger partial charge in [0.15, 0.2) is 0 Å². The van der Waals surface area contributed by atoms with Crippen molar-refractivity contribution in [3.8, 4) is 5.69 Å². The van der Waals surface area contributed by atoms with Gasteiger partial charge in [0.25, 0.3) is 6.71 Å². The number of para-hydroxylation sites is 1. The summed E-state index contributed by atoms with van der Waals surface area (Å²) in [5, 5.41) is 1.37. The topological polar surface area (TPSA) is 11.4 Å². The van der Waals surface area contributed by atoms with Crippen LogP contribution in [0.25, 0.3) is 16.6 Å². The van der Waals surface area contributed by atoms with Crippen molar-refractivity contribution in [1.29, 1.82) is 0 Å². The molecule has 2 unspecified atom stereocenters. The SMILES string of the molecule is Cc1c(C)n2c3c(cccc13)B1c3cc(C(C)(C)C)cc4c3N(c3cc(N(c5ccc(C(C)(C)C)cc5)c5ccc(C(C)(C)C)cc5)cc-2c31)C1(C)CCCCC41C. The van der Waals surface area contributed by atoms with E-state index in [1.165, 1.54) is 115 Å². The van der Waals surface area contributed by atoms with Crippen molar-refractivity contribution in [2.24, 2.45) is 0 Å². The lowest BCUT2D eigenvalue weighted by Crippen LogP contribution is -2.64. The molecule has 3 nitrogen and oxygen atoms in total. The minimum Gasteiger partial charge on any atom is -0.335 e. The average molecular weight is 764 g/mol. The van der Waals surface area contributed by atoms with Gasteiger partial charge >= 0.3 is 0 Å². The zero-order valence-electron chi connectivity index (χ0n) is 37.4. The van der Waals surface area contributed by atoms with Crippen molar-refractivity contribution in [3.05, 3.63) is 125 Å². The highest BCUT2D eigenvalue weighted by Crippen LogP contribution is 2.62. The Bertz CT molecular complexity index is 2620. The van der Waals surface area contributed by atoms with E-state index < -0.39 is 0 Å². The summed E-state index contributed by atoms with van der Waals surface area (Å²) >= 11 is 0. The molecule has 1 aromatic heterocycles. The maximum atomic E-state index is 2.89. The van der Waals surface area contributed by atoms with Gasteiger partial charge in [-0.1, -0.05) is 137 Å². The molecule has 1 aliphatic carbocycles. The molecule has 0 N–H and O–H groups in total. The van der Waals surface area contributed by atoms with Gasteiger partial charge in [-0.15, -0.1) is 0 Å². The molecule has 3 aliphatic heterocycles. The summed E-state index contributed by atoms with van der Waals surface area (Å²) in [6.45, 7) is 31.1. The predicted molar refractivity (Wildman–Crippen MR) is 251 cm³/mol. The molecule has 10 rings (SSSR count). The Morgan fingerprint density at radius 1 is 0.603 bits per heavy atom. The Balaban J connectivity index is 1.33. The highest BCUT2D eigenvalue weighted by atomic mass is 15.3. The van der Waals surface area contributed by atoms with E-state index >= 15 is 0 Å². The zero-order chi connectivity index (χ0) is 41.1. The number of nitrogens with zero attached hydrogens (tertiary/aromatic N) is 3. The Labute approximate surface area is 348 Å². The molecule has 1 saturated carbocycles. The highest BCUT2D eigenvalue weighted by Gasteiger charge is 2.61. The monoisotopic (exact) mass is 764 g/mol. The van der Waals surface area contributed by atoms with Gasteiger partial charge in [0, 0.05) is 50.4 Å². The minimum absolute atomic E-state index is 0.0338. The fourth-order valence-corrected chi connectivity index (χ4v) is 11.6. The summed E-state index contributed by atoms with van der Waals surface area (Å²) in [7, 11) is 0. The first-order valence-corrected chi connectivity index (χ1v) is 22.0. The summed E-state index contributed by atoms with van der Waals surface area (Å²) in [6, 6.07) is 36.3. The van der Waals surface area contributed by atoms with E-state index in [1.807, 2.05) is 0 Å². The molecule has 6 aromatic rings. The van der Waals surface area contributed by atoms with Crippen LogP contribution in [0.2, 0.25) is 0 Å². The van der Waals surface area contributed by atoms with Crippen LogP contribution in [-0.2, 0) is 21.7 Å². The smallest absolute Gasteiger partial charge is 0.252 e. The van der Waals surface area contributed by atoms with E-state index in [-0.39, 0.29) is 33.9 Å². The fourth-order valence-electron chi connectivity index (χ4n) is 11.6. The largest absolute Gasteiger partial charge is 0.335 e. The molecule has 0 spiro atoms. The predicted octanol–water partition coefficient (Wildman–Crippen LogP) is 12.5. The van der Waals surface area contributed by atoms with Crippen molar-refractivity contribution < 1.29 is 0 Å². The molecular formula is C54H62BN3. The van der Waals surface area contributed by atoms with Crippen LogP contribution in [0.5, 0.6) is 0 Å². The van der Waals surface area contributed by atoms with Gasteiger partial charge in [-0.05, 0) is 130 Å². The first-order valence-electron chi connectivity index (χ1n) is 22.0. The lowest BCUT2D eigenvalue weighted by molar-refractivity contribution is 0.195. The molecule has 4 aliphatic rings. The second-order valence-electron chi connectivity index (χ2n) is 21.9. The second-order valence-corrected chi connectivity index (χ2v) is 21.9. The molecule has 5 aromatic carbocycles. The van der Waals surface area contributed by atoms with Gasteiger partial charge in [-0.3, -0.25) is 0 Å². The van der Waals surface area contributed by atoms with Crippen molar-refractivity contribution >= 4 is 62.4 Å². The number of anilines is 5. The number of hydrogen-bond acceptors (Lipinski definition) is 2. The van der Waals surface area contributed by atoms with E-state index in [4.69, 9.17) is 0 Å². The van der Waals surface area contributed by atoms with E-state index in [1.54, 1.807) is 5.56 Å². The maximum absolute atomic E-state index is 2.89. The van der Waals surface area contributed by atoms with Crippen LogP contribution in [0.4, 0.5) is 28.4 Å². The summed E-state index contributed by atoms with van der Waals surface area (Å²) in [6.07, 6.45) is 4.94. The Hall–Kier alpha value is -4.70. The Morgan fingerprint density at radius 2 is 1.17 bits per heavy atom. The number of benzene rings is 5. The van der Waals surface area contributed by atoms with E-state index in [2.05, 4.69) is 195 Å². The third kappa shape index (κ3) is 4.99. The maximum Gasteiger partial charge on any atom is 0.252 e. The van der Waals surface area contributed by atoms with E-state index in [9.17, 15) is 0 Å². The molecule has 2 atom stereocenters. The molecular weight excluding hydrogens is 701 g/mol. The van der Waals surface area contributed by atoms with Gasteiger partial charge in [0.2, 0.25) is 0 Å². The third-order valence-electron chi connectivity index (χ3n) is 15.4. The van der Waals surface area contributed by atoms with Crippen LogP contribution in [0.3, 0.4) is 0 Å². The Morgan fingerprint density at radius 3 is 1.76 bits per heavy atom. The lowest BCUT2D eigenvalue weighted by atomic mass is 9.33. The lowest BCUT2D eigenvalue weighted by Gasteiger charge is -2.52. The molecule has 1 fully saturated rings. The van der Waals surface area contributed by atoms with Crippen LogP contribution >= 0.6 is 0 Å². The van der Waals surface area contributed by atoms with Gasteiger partial charge in [-0.2, -0.15) is 0 Å². The number of aryl methyl sites for hydroxylation is 1. The molecule has 0 radical (unpaired) electrons. The number of rotatable bonds is 3. The Kier molecular flexibility index (Phi) is 7.74. The third-order valence-corrected chi connectivity index (χ3v) is 15.4. The zero-order valence-corrected chi connectivity index (χ0v) is 37.4. The molecule has 4 heteroatoms. The molecule has 4 heterocycles. The number of fused-ring (bicyclic) bond motifs is 7. The normalized spacial score (nSPS) is 20.6. The van der Waals surface area contributed by atoms with Crippen LogP contribution in [0, 0.1) is 13.8 Å². The summed E-state index contributed by atoms with van der Waals surface area (Å²) < 4.78 is 2.64. The van der Waals surface area contributed by atoms with Crippen LogP contribution < -0.4 is 26.2 Å². The highest BCUT2D eigenvalue weighted by molar-refractivity contribution is 7.00.